The van der Waals surface area contributed by atoms with Crippen LogP contribution in [0.25, 0.3) is 0 Å². The molecule has 2 amide bonds. The zero-order valence-electron chi connectivity index (χ0n) is 6.99. The van der Waals surface area contributed by atoms with Gasteiger partial charge in [0.15, 0.2) is 0 Å². The van der Waals surface area contributed by atoms with Crippen molar-refractivity contribution in [3.05, 3.63) is 34.4 Å². The van der Waals surface area contributed by atoms with Crippen LogP contribution in [0.2, 0.25) is 0 Å². The van der Waals surface area contributed by atoms with Crippen LogP contribution in [0.3, 0.4) is 0 Å². The molecular formula is C8H6N2O4. The Morgan fingerprint density at radius 1 is 1.14 bits per heavy atom. The van der Waals surface area contributed by atoms with E-state index in [1.165, 1.54) is 24.3 Å². The van der Waals surface area contributed by atoms with E-state index >= 15 is 0 Å². The van der Waals surface area contributed by atoms with E-state index in [0.29, 0.717) is 18.5 Å². The minimum absolute atomic E-state index is 0.0921. The number of non-ortho nitro benzene ring substituents is 1. The monoisotopic (exact) mass is 194 g/mol. The molecule has 0 fully saturated rings. The Balaban J connectivity index is 2.98. The number of nitro benzene ring substituents is 1. The summed E-state index contributed by atoms with van der Waals surface area (Å²) in [5.41, 5.74) is 0.200. The second kappa shape index (κ2) is 4.13. The summed E-state index contributed by atoms with van der Waals surface area (Å²) in [5.74, 6) is 0. The number of rotatable bonds is 4. The summed E-state index contributed by atoms with van der Waals surface area (Å²) in [6, 6.07) is 5.08. The molecule has 0 saturated carbocycles. The van der Waals surface area contributed by atoms with Crippen LogP contribution in [0.5, 0.6) is 0 Å². The number of carbonyl (C=O) groups is 2. The van der Waals surface area contributed by atoms with E-state index in [0.717, 1.165) is 4.90 Å². The van der Waals surface area contributed by atoms with E-state index in [2.05, 4.69) is 0 Å². The summed E-state index contributed by atoms with van der Waals surface area (Å²) in [6.07, 6.45) is 0.655. The minimum Gasteiger partial charge on any atom is -0.278 e. The van der Waals surface area contributed by atoms with E-state index in [1.807, 2.05) is 0 Å². The largest absolute Gasteiger partial charge is 0.278 e. The van der Waals surface area contributed by atoms with Crippen molar-refractivity contribution < 1.29 is 14.5 Å². The average Bonchev–Trinajstić information content (AvgIpc) is 2.20. The third-order valence-corrected chi connectivity index (χ3v) is 1.59. The Labute approximate surface area is 78.9 Å². The van der Waals surface area contributed by atoms with E-state index in [9.17, 15) is 19.7 Å². The van der Waals surface area contributed by atoms with Crippen LogP contribution in [0, 0.1) is 10.1 Å². The molecular weight excluding hydrogens is 188 g/mol. The Morgan fingerprint density at radius 3 is 2.00 bits per heavy atom. The van der Waals surface area contributed by atoms with E-state index < -0.39 is 4.92 Å². The van der Waals surface area contributed by atoms with E-state index in [4.69, 9.17) is 0 Å². The molecule has 0 radical (unpaired) electrons. The van der Waals surface area contributed by atoms with Gasteiger partial charge >= 0.3 is 0 Å². The molecule has 1 rings (SSSR count). The second-order valence-corrected chi connectivity index (χ2v) is 2.39. The molecule has 0 bridgehead atoms. The van der Waals surface area contributed by atoms with Crippen LogP contribution < -0.4 is 4.90 Å². The predicted molar refractivity (Wildman–Crippen MR) is 47.7 cm³/mol. The first-order valence-electron chi connectivity index (χ1n) is 3.62. The van der Waals surface area contributed by atoms with Gasteiger partial charge in [-0.1, -0.05) is 0 Å². The molecule has 0 saturated heterocycles. The lowest BCUT2D eigenvalue weighted by Gasteiger charge is -2.07. The maximum Gasteiger partial charge on any atom is 0.269 e. The molecule has 1 aromatic carbocycles. The van der Waals surface area contributed by atoms with Gasteiger partial charge in [-0.3, -0.25) is 24.6 Å². The SMILES string of the molecule is O=CN(C=O)c1ccc([N+](=O)[O-])cc1. The molecule has 0 atom stereocenters. The summed E-state index contributed by atoms with van der Waals surface area (Å²) in [4.78, 5) is 31.1. The fourth-order valence-electron chi connectivity index (χ4n) is 0.893. The van der Waals surface area contributed by atoms with Crippen molar-refractivity contribution >= 4 is 24.2 Å². The van der Waals surface area contributed by atoms with Gasteiger partial charge in [0.25, 0.3) is 5.69 Å². The standard InChI is InChI=1S/C8H6N2O4/c11-5-9(6-12)7-1-3-8(4-2-7)10(13)14/h1-6H. The first-order chi connectivity index (χ1) is 6.69. The molecule has 14 heavy (non-hydrogen) atoms. The van der Waals surface area contributed by atoms with Crippen LogP contribution in [0.1, 0.15) is 0 Å². The number of nitro groups is 1. The highest BCUT2D eigenvalue weighted by molar-refractivity contribution is 5.95. The normalized spacial score (nSPS) is 9.14. The maximum atomic E-state index is 10.3. The fourth-order valence-corrected chi connectivity index (χ4v) is 0.893. The average molecular weight is 194 g/mol. The van der Waals surface area contributed by atoms with Crippen molar-refractivity contribution in [2.24, 2.45) is 0 Å². The van der Waals surface area contributed by atoms with Crippen LogP contribution in [-0.2, 0) is 9.59 Å². The van der Waals surface area contributed by atoms with Gasteiger partial charge in [-0.05, 0) is 12.1 Å². The predicted octanol–water partition coefficient (Wildman–Crippen LogP) is 0.714. The van der Waals surface area contributed by atoms with E-state index in [-0.39, 0.29) is 5.69 Å². The summed E-state index contributed by atoms with van der Waals surface area (Å²) < 4.78 is 0. The number of hydrogen-bond acceptors (Lipinski definition) is 4. The zero-order chi connectivity index (χ0) is 10.6. The molecule has 6 heteroatoms. The number of nitrogens with zero attached hydrogens (tertiary/aromatic N) is 2. The third kappa shape index (κ3) is 1.92. The Morgan fingerprint density at radius 2 is 1.64 bits per heavy atom. The van der Waals surface area contributed by atoms with Crippen LogP contribution >= 0.6 is 0 Å². The minimum atomic E-state index is -0.560. The van der Waals surface area contributed by atoms with Gasteiger partial charge in [0.1, 0.15) is 0 Å². The van der Waals surface area contributed by atoms with Crippen molar-refractivity contribution in [1.82, 2.24) is 0 Å². The van der Waals surface area contributed by atoms with Gasteiger partial charge in [-0.15, -0.1) is 0 Å². The molecule has 0 N–H and O–H groups in total. The van der Waals surface area contributed by atoms with Gasteiger partial charge in [0, 0.05) is 12.1 Å². The smallest absolute Gasteiger partial charge is 0.269 e. The van der Waals surface area contributed by atoms with E-state index in [1.54, 1.807) is 0 Å². The molecule has 0 aliphatic rings. The van der Waals surface area contributed by atoms with Gasteiger partial charge in [-0.2, -0.15) is 0 Å². The number of anilines is 1. The fraction of sp³-hybridized carbons (Fsp3) is 0. The van der Waals surface area contributed by atoms with Crippen LogP contribution in [0.15, 0.2) is 24.3 Å². The van der Waals surface area contributed by atoms with Crippen LogP contribution in [0.4, 0.5) is 11.4 Å². The van der Waals surface area contributed by atoms with Crippen molar-refractivity contribution in [1.29, 1.82) is 0 Å². The number of amides is 2. The maximum absolute atomic E-state index is 10.3. The van der Waals surface area contributed by atoms with Crippen molar-refractivity contribution in [2.75, 3.05) is 4.90 Å². The molecule has 0 spiro atoms. The molecule has 72 valence electrons. The molecule has 0 aromatic heterocycles. The number of benzene rings is 1. The van der Waals surface area contributed by atoms with Gasteiger partial charge < -0.3 is 0 Å². The topological polar surface area (TPSA) is 80.5 Å². The molecule has 6 nitrogen and oxygen atoms in total. The quantitative estimate of drug-likeness (QED) is 0.401. The second-order valence-electron chi connectivity index (χ2n) is 2.39. The summed E-state index contributed by atoms with van der Waals surface area (Å²) >= 11 is 0. The highest BCUT2D eigenvalue weighted by atomic mass is 16.6. The van der Waals surface area contributed by atoms with Crippen molar-refractivity contribution in [3.63, 3.8) is 0 Å². The lowest BCUT2D eigenvalue weighted by atomic mass is 10.3. The Bertz CT molecular complexity index is 352. The first kappa shape index (κ1) is 9.85. The lowest BCUT2D eigenvalue weighted by molar-refractivity contribution is -0.384. The van der Waals surface area contributed by atoms with Crippen LogP contribution in [-0.4, -0.2) is 17.7 Å². The van der Waals surface area contributed by atoms with Gasteiger partial charge in [0.2, 0.25) is 12.8 Å². The number of hydrogen-bond donors (Lipinski definition) is 0. The highest BCUT2D eigenvalue weighted by Crippen LogP contribution is 2.17. The van der Waals surface area contributed by atoms with Crippen molar-refractivity contribution in [2.45, 2.75) is 0 Å². The summed E-state index contributed by atoms with van der Waals surface area (Å²) in [6.45, 7) is 0. The highest BCUT2D eigenvalue weighted by Gasteiger charge is 2.07. The summed E-state index contributed by atoms with van der Waals surface area (Å²) in [5, 5.41) is 10.3. The lowest BCUT2D eigenvalue weighted by Crippen LogP contribution is -2.17. The third-order valence-electron chi connectivity index (χ3n) is 1.59. The number of imide groups is 1. The van der Waals surface area contributed by atoms with Crippen molar-refractivity contribution in [3.8, 4) is 0 Å². The molecule has 0 unspecified atom stereocenters. The van der Waals surface area contributed by atoms with Gasteiger partial charge in [-0.25, -0.2) is 0 Å². The van der Waals surface area contributed by atoms with Gasteiger partial charge in [0.05, 0.1) is 10.6 Å². The first-order valence-corrected chi connectivity index (χ1v) is 3.62. The number of carbonyl (C=O) groups excluding carboxylic acids is 2. The zero-order valence-corrected chi connectivity index (χ0v) is 6.99. The summed E-state index contributed by atoms with van der Waals surface area (Å²) in [7, 11) is 0. The molecule has 1 aromatic rings. The molecule has 0 aliphatic carbocycles. The Kier molecular flexibility index (Phi) is 2.90. The molecule has 0 heterocycles. The Hall–Kier alpha value is -2.24. The molecule has 0 aliphatic heterocycles.